The van der Waals surface area contributed by atoms with Gasteiger partial charge in [-0.3, -0.25) is 4.79 Å². The van der Waals surface area contributed by atoms with Gasteiger partial charge >= 0.3 is 0 Å². The van der Waals surface area contributed by atoms with E-state index in [9.17, 15) is 4.79 Å². The quantitative estimate of drug-likeness (QED) is 0.627. The highest BCUT2D eigenvalue weighted by molar-refractivity contribution is 5.78. The summed E-state index contributed by atoms with van der Waals surface area (Å²) < 4.78 is 5.52. The summed E-state index contributed by atoms with van der Waals surface area (Å²) in [5.41, 5.74) is -0.170. The lowest BCUT2D eigenvalue weighted by atomic mass is 9.92. The molecule has 12 heavy (non-hydrogen) atoms. The summed E-state index contributed by atoms with van der Waals surface area (Å²) in [6, 6.07) is 0. The second-order valence-corrected chi connectivity index (χ2v) is 4.34. The van der Waals surface area contributed by atoms with Gasteiger partial charge in [-0.2, -0.15) is 0 Å². The first-order chi connectivity index (χ1) is 5.59. The molecule has 1 amide bonds. The fourth-order valence-electron chi connectivity index (χ4n) is 1.96. The molecule has 1 aliphatic heterocycles. The molecule has 2 aliphatic rings. The van der Waals surface area contributed by atoms with Crippen molar-refractivity contribution in [2.45, 2.75) is 38.3 Å². The fraction of sp³-hybridized carbons (Fsp3) is 0.889. The van der Waals surface area contributed by atoms with E-state index in [-0.39, 0.29) is 24.2 Å². The highest BCUT2D eigenvalue weighted by atomic mass is 16.5. The van der Waals surface area contributed by atoms with Gasteiger partial charge in [-0.15, -0.1) is 0 Å². The molecule has 1 saturated carbocycles. The molecule has 0 aromatic heterocycles. The van der Waals surface area contributed by atoms with Crippen LogP contribution in [0.4, 0.5) is 0 Å². The number of ether oxygens (including phenoxy) is 1. The molecule has 2 fully saturated rings. The van der Waals surface area contributed by atoms with Gasteiger partial charge in [-0.05, 0) is 32.6 Å². The van der Waals surface area contributed by atoms with Crippen LogP contribution in [0.25, 0.3) is 0 Å². The molecule has 0 radical (unpaired) electrons. The third-order valence-electron chi connectivity index (χ3n) is 2.62. The maximum absolute atomic E-state index is 11.0. The highest BCUT2D eigenvalue weighted by Gasteiger charge is 2.45. The Bertz CT molecular complexity index is 209. The van der Waals surface area contributed by atoms with Crippen molar-refractivity contribution >= 4 is 5.91 Å². The van der Waals surface area contributed by atoms with Crippen molar-refractivity contribution in [1.82, 2.24) is 5.32 Å². The van der Waals surface area contributed by atoms with Gasteiger partial charge in [0.25, 0.3) is 0 Å². The van der Waals surface area contributed by atoms with Gasteiger partial charge in [0, 0.05) is 0 Å². The molecule has 1 saturated heterocycles. The van der Waals surface area contributed by atoms with Gasteiger partial charge in [0.05, 0.1) is 11.6 Å². The highest BCUT2D eigenvalue weighted by Crippen LogP contribution is 2.39. The third kappa shape index (κ3) is 1.33. The Morgan fingerprint density at radius 2 is 2.17 bits per heavy atom. The van der Waals surface area contributed by atoms with E-state index in [1.54, 1.807) is 0 Å². The van der Waals surface area contributed by atoms with Crippen molar-refractivity contribution in [3.05, 3.63) is 0 Å². The number of carbonyl (C=O) groups is 1. The van der Waals surface area contributed by atoms with Gasteiger partial charge < -0.3 is 10.1 Å². The second kappa shape index (κ2) is 2.46. The molecule has 3 nitrogen and oxygen atoms in total. The van der Waals surface area contributed by atoms with Crippen LogP contribution in [-0.4, -0.2) is 24.2 Å². The Morgan fingerprint density at radius 3 is 2.67 bits per heavy atom. The predicted octanol–water partition coefficient (Wildman–Crippen LogP) is 0.690. The minimum Gasteiger partial charge on any atom is -0.366 e. The molecule has 0 spiro atoms. The van der Waals surface area contributed by atoms with E-state index in [0.29, 0.717) is 5.92 Å². The lowest BCUT2D eigenvalue weighted by Crippen LogP contribution is -2.59. The largest absolute Gasteiger partial charge is 0.366 e. The van der Waals surface area contributed by atoms with Crippen LogP contribution in [0, 0.1) is 5.92 Å². The summed E-state index contributed by atoms with van der Waals surface area (Å²) in [6.07, 6.45) is 2.74. The van der Waals surface area contributed by atoms with Crippen molar-refractivity contribution < 1.29 is 9.53 Å². The zero-order chi connectivity index (χ0) is 8.77. The normalized spacial score (nSPS) is 34.5. The van der Waals surface area contributed by atoms with Crippen LogP contribution in [0.3, 0.4) is 0 Å². The van der Waals surface area contributed by atoms with E-state index in [2.05, 4.69) is 5.32 Å². The first kappa shape index (κ1) is 8.05. The average Bonchev–Trinajstić information content (AvgIpc) is 2.67. The Hall–Kier alpha value is -0.570. The average molecular weight is 169 g/mol. The maximum Gasteiger partial charge on any atom is 0.246 e. The monoisotopic (exact) mass is 169 g/mol. The molecule has 2 rings (SSSR count). The molecule has 68 valence electrons. The van der Waals surface area contributed by atoms with E-state index in [0.717, 1.165) is 0 Å². The molecule has 1 N–H and O–H groups in total. The molecule has 3 heteroatoms. The summed E-state index contributed by atoms with van der Waals surface area (Å²) in [7, 11) is 0. The summed E-state index contributed by atoms with van der Waals surface area (Å²) in [6.45, 7) is 4.31. The molecule has 0 bridgehead atoms. The lowest BCUT2D eigenvalue weighted by Gasteiger charge is -2.39. The van der Waals surface area contributed by atoms with E-state index < -0.39 is 0 Å². The molecular formula is C9H15NO2. The number of nitrogens with one attached hydrogen (secondary N) is 1. The van der Waals surface area contributed by atoms with E-state index in [1.807, 2.05) is 13.8 Å². The molecule has 0 unspecified atom stereocenters. The molecule has 1 atom stereocenters. The number of rotatable bonds is 1. The Kier molecular flexibility index (Phi) is 1.65. The molecule has 0 aromatic rings. The first-order valence-corrected chi connectivity index (χ1v) is 4.52. The van der Waals surface area contributed by atoms with Crippen molar-refractivity contribution in [1.29, 1.82) is 0 Å². The Labute approximate surface area is 72.5 Å². The smallest absolute Gasteiger partial charge is 0.246 e. The fourth-order valence-corrected chi connectivity index (χ4v) is 1.96. The van der Waals surface area contributed by atoms with Crippen LogP contribution in [-0.2, 0) is 9.53 Å². The number of amides is 1. The van der Waals surface area contributed by atoms with Crippen LogP contribution in [0.2, 0.25) is 0 Å². The number of morpholine rings is 1. The van der Waals surface area contributed by atoms with Crippen molar-refractivity contribution in [2.24, 2.45) is 5.92 Å². The molecular weight excluding hydrogens is 154 g/mol. The topological polar surface area (TPSA) is 38.3 Å². The minimum absolute atomic E-state index is 0.0110. The van der Waals surface area contributed by atoms with E-state index in [4.69, 9.17) is 4.74 Å². The van der Waals surface area contributed by atoms with Crippen LogP contribution < -0.4 is 5.32 Å². The summed E-state index contributed by atoms with van der Waals surface area (Å²) >= 11 is 0. The van der Waals surface area contributed by atoms with Crippen molar-refractivity contribution in [3.8, 4) is 0 Å². The maximum atomic E-state index is 11.0. The van der Waals surface area contributed by atoms with E-state index >= 15 is 0 Å². The Balaban J connectivity index is 2.07. The van der Waals surface area contributed by atoms with E-state index in [1.165, 1.54) is 12.8 Å². The standard InChI is InChI=1S/C9H15NO2/c1-9(2)8(6-3-4-6)12-5-7(11)10-9/h6,8H,3-5H2,1-2H3,(H,10,11)/t8-/m1/s1. The lowest BCUT2D eigenvalue weighted by molar-refractivity contribution is -0.143. The summed E-state index contributed by atoms with van der Waals surface area (Å²) in [5.74, 6) is 0.692. The second-order valence-electron chi connectivity index (χ2n) is 4.34. The summed E-state index contributed by atoms with van der Waals surface area (Å²) in [5, 5.41) is 2.96. The van der Waals surface area contributed by atoms with Gasteiger partial charge in [0.15, 0.2) is 0 Å². The number of hydrogen-bond acceptors (Lipinski definition) is 2. The van der Waals surface area contributed by atoms with Crippen LogP contribution in [0.1, 0.15) is 26.7 Å². The van der Waals surface area contributed by atoms with Crippen molar-refractivity contribution in [3.63, 3.8) is 0 Å². The molecule has 1 aliphatic carbocycles. The Morgan fingerprint density at radius 1 is 1.50 bits per heavy atom. The third-order valence-corrected chi connectivity index (χ3v) is 2.62. The van der Waals surface area contributed by atoms with Crippen LogP contribution in [0.5, 0.6) is 0 Å². The molecule has 0 aromatic carbocycles. The predicted molar refractivity (Wildman–Crippen MR) is 44.7 cm³/mol. The van der Waals surface area contributed by atoms with Gasteiger partial charge in [-0.1, -0.05) is 0 Å². The zero-order valence-electron chi connectivity index (χ0n) is 7.59. The van der Waals surface area contributed by atoms with Crippen LogP contribution >= 0.6 is 0 Å². The van der Waals surface area contributed by atoms with Gasteiger partial charge in [0.2, 0.25) is 5.91 Å². The SMILES string of the molecule is CC1(C)NC(=O)CO[C@@H]1C1CC1. The number of hydrogen-bond donors (Lipinski definition) is 1. The van der Waals surface area contributed by atoms with Crippen molar-refractivity contribution in [2.75, 3.05) is 6.61 Å². The van der Waals surface area contributed by atoms with Crippen LogP contribution in [0.15, 0.2) is 0 Å². The van der Waals surface area contributed by atoms with Gasteiger partial charge in [0.1, 0.15) is 6.61 Å². The summed E-state index contributed by atoms with van der Waals surface area (Å²) in [4.78, 5) is 11.0. The first-order valence-electron chi connectivity index (χ1n) is 4.52. The molecule has 1 heterocycles. The zero-order valence-corrected chi connectivity index (χ0v) is 7.59. The van der Waals surface area contributed by atoms with Gasteiger partial charge in [-0.25, -0.2) is 0 Å². The minimum atomic E-state index is -0.170. The number of carbonyl (C=O) groups excluding carboxylic acids is 1.